The van der Waals surface area contributed by atoms with Crippen LogP contribution in [0.4, 0.5) is 0 Å². The Labute approximate surface area is 168 Å². The zero-order chi connectivity index (χ0) is 18.3. The van der Waals surface area contributed by atoms with Gasteiger partial charge in [0, 0.05) is 18.0 Å². The second-order valence-corrected chi connectivity index (χ2v) is 7.66. The molecule has 0 radical (unpaired) electrons. The van der Waals surface area contributed by atoms with Gasteiger partial charge in [-0.2, -0.15) is 0 Å². The van der Waals surface area contributed by atoms with E-state index in [1.165, 1.54) is 64.2 Å². The molecular formula is C23H40ClNO. The molecule has 0 N–H and O–H groups in total. The van der Waals surface area contributed by atoms with E-state index in [0.717, 1.165) is 18.5 Å². The first-order valence-electron chi connectivity index (χ1n) is 10.4. The highest BCUT2D eigenvalue weighted by Gasteiger charge is 2.20. The van der Waals surface area contributed by atoms with Crippen LogP contribution < -0.4 is 0 Å². The fourth-order valence-corrected chi connectivity index (χ4v) is 3.46. The third-order valence-corrected chi connectivity index (χ3v) is 4.92. The van der Waals surface area contributed by atoms with Crippen molar-refractivity contribution in [3.8, 4) is 0 Å². The number of hydrogen-bond donors (Lipinski definition) is 0. The van der Waals surface area contributed by atoms with Crippen LogP contribution in [0.5, 0.6) is 0 Å². The summed E-state index contributed by atoms with van der Waals surface area (Å²) in [6.07, 6.45) is 14.5. The van der Waals surface area contributed by atoms with Crippen molar-refractivity contribution in [2.75, 3.05) is 20.6 Å². The van der Waals surface area contributed by atoms with Crippen LogP contribution >= 0.6 is 12.4 Å². The molecule has 0 heterocycles. The first-order valence-corrected chi connectivity index (χ1v) is 10.4. The molecule has 0 aliphatic carbocycles. The minimum Gasteiger partial charge on any atom is -0.309 e. The van der Waals surface area contributed by atoms with Crippen LogP contribution in [0.1, 0.15) is 87.9 Å². The number of unbranched alkanes of at least 4 members (excludes halogenated alkanes) is 9. The number of hydrogen-bond acceptors (Lipinski definition) is 2. The summed E-state index contributed by atoms with van der Waals surface area (Å²) >= 11 is 0. The van der Waals surface area contributed by atoms with E-state index < -0.39 is 0 Å². The highest BCUT2D eigenvalue weighted by molar-refractivity contribution is 5.97. The number of rotatable bonds is 15. The van der Waals surface area contributed by atoms with E-state index in [1.54, 1.807) is 0 Å². The Bertz CT molecular complexity index is 447. The van der Waals surface area contributed by atoms with Gasteiger partial charge in [-0.15, -0.1) is 12.4 Å². The van der Waals surface area contributed by atoms with Gasteiger partial charge in [-0.1, -0.05) is 101 Å². The van der Waals surface area contributed by atoms with Crippen molar-refractivity contribution in [2.45, 2.75) is 77.6 Å². The molecule has 0 aliphatic heterocycles. The van der Waals surface area contributed by atoms with Crippen LogP contribution in [0.2, 0.25) is 0 Å². The Balaban J connectivity index is 0.00000625. The van der Waals surface area contributed by atoms with E-state index in [1.807, 2.05) is 30.3 Å². The van der Waals surface area contributed by atoms with Crippen LogP contribution in [-0.2, 0) is 0 Å². The Hall–Kier alpha value is -0.860. The Morgan fingerprint density at radius 2 is 1.35 bits per heavy atom. The second-order valence-electron chi connectivity index (χ2n) is 7.66. The molecule has 26 heavy (non-hydrogen) atoms. The molecule has 0 saturated heterocycles. The van der Waals surface area contributed by atoms with E-state index >= 15 is 0 Å². The lowest BCUT2D eigenvalue weighted by atomic mass is 9.91. The summed E-state index contributed by atoms with van der Waals surface area (Å²) in [5.41, 5.74) is 0.862. The third kappa shape index (κ3) is 11.7. The lowest BCUT2D eigenvalue weighted by Gasteiger charge is -2.20. The van der Waals surface area contributed by atoms with Crippen LogP contribution in [0.15, 0.2) is 30.3 Å². The van der Waals surface area contributed by atoms with Gasteiger partial charge < -0.3 is 4.90 Å². The molecule has 1 rings (SSSR count). The zero-order valence-electron chi connectivity index (χ0n) is 17.2. The lowest BCUT2D eigenvalue weighted by Crippen LogP contribution is -2.28. The SMILES string of the molecule is CCCCCCCCCCCCC(CN(C)C)C(=O)c1ccccc1.Cl. The fraction of sp³-hybridized carbons (Fsp3) is 0.696. The molecule has 0 aliphatic rings. The molecule has 0 amide bonds. The van der Waals surface area contributed by atoms with Crippen molar-refractivity contribution >= 4 is 18.2 Å². The van der Waals surface area contributed by atoms with Gasteiger partial charge in [0.15, 0.2) is 5.78 Å². The van der Waals surface area contributed by atoms with E-state index in [-0.39, 0.29) is 18.3 Å². The molecule has 1 atom stereocenters. The predicted molar refractivity (Wildman–Crippen MR) is 117 cm³/mol. The van der Waals surface area contributed by atoms with Gasteiger partial charge in [0.25, 0.3) is 0 Å². The number of halogens is 1. The largest absolute Gasteiger partial charge is 0.309 e. The summed E-state index contributed by atoms with van der Waals surface area (Å²) in [5.74, 6) is 0.441. The Morgan fingerprint density at radius 1 is 0.846 bits per heavy atom. The standard InChI is InChI=1S/C23H39NO.ClH/c1-4-5-6-7-8-9-10-11-12-14-19-22(20-24(2)3)23(25)21-17-15-13-16-18-21;/h13,15-18,22H,4-12,14,19-20H2,1-3H3;1H. The van der Waals surface area contributed by atoms with Gasteiger partial charge in [-0.05, 0) is 20.5 Å². The fourth-order valence-electron chi connectivity index (χ4n) is 3.46. The summed E-state index contributed by atoms with van der Waals surface area (Å²) in [6.45, 7) is 3.12. The average Bonchev–Trinajstić information content (AvgIpc) is 2.62. The monoisotopic (exact) mass is 381 g/mol. The smallest absolute Gasteiger partial charge is 0.167 e. The maximum atomic E-state index is 12.7. The van der Waals surface area contributed by atoms with Gasteiger partial charge in [0.2, 0.25) is 0 Å². The van der Waals surface area contributed by atoms with Gasteiger partial charge in [0.05, 0.1) is 0 Å². The molecule has 0 bridgehead atoms. The van der Waals surface area contributed by atoms with Crippen molar-refractivity contribution in [3.63, 3.8) is 0 Å². The van der Waals surface area contributed by atoms with Gasteiger partial charge in [0.1, 0.15) is 0 Å². The molecule has 2 nitrogen and oxygen atoms in total. The van der Waals surface area contributed by atoms with Crippen LogP contribution in [0.3, 0.4) is 0 Å². The molecule has 0 saturated carbocycles. The highest BCUT2D eigenvalue weighted by atomic mass is 35.5. The van der Waals surface area contributed by atoms with Crippen molar-refractivity contribution in [3.05, 3.63) is 35.9 Å². The molecule has 1 unspecified atom stereocenters. The summed E-state index contributed by atoms with van der Waals surface area (Å²) < 4.78 is 0. The summed E-state index contributed by atoms with van der Waals surface area (Å²) in [5, 5.41) is 0. The van der Waals surface area contributed by atoms with E-state index in [4.69, 9.17) is 0 Å². The quantitative estimate of drug-likeness (QED) is 0.246. The topological polar surface area (TPSA) is 20.3 Å². The summed E-state index contributed by atoms with van der Waals surface area (Å²) in [4.78, 5) is 14.9. The second kappa shape index (κ2) is 16.3. The summed E-state index contributed by atoms with van der Waals surface area (Å²) in [6, 6.07) is 9.79. The van der Waals surface area contributed by atoms with Crippen LogP contribution in [0.25, 0.3) is 0 Å². The minimum atomic E-state index is 0. The van der Waals surface area contributed by atoms with Crippen molar-refractivity contribution in [2.24, 2.45) is 5.92 Å². The molecule has 150 valence electrons. The minimum absolute atomic E-state index is 0. The predicted octanol–water partition coefficient (Wildman–Crippen LogP) is 6.78. The molecule has 3 heteroatoms. The molecule has 0 aromatic heterocycles. The lowest BCUT2D eigenvalue weighted by molar-refractivity contribution is 0.0887. The number of benzene rings is 1. The maximum absolute atomic E-state index is 12.7. The molecular weight excluding hydrogens is 342 g/mol. The highest BCUT2D eigenvalue weighted by Crippen LogP contribution is 2.18. The Kier molecular flexibility index (Phi) is 15.8. The number of carbonyl (C=O) groups is 1. The van der Waals surface area contributed by atoms with Gasteiger partial charge >= 0.3 is 0 Å². The number of ketones is 1. The average molecular weight is 382 g/mol. The molecule has 0 spiro atoms. The van der Waals surface area contributed by atoms with E-state index in [2.05, 4.69) is 25.9 Å². The first-order chi connectivity index (χ1) is 12.1. The first kappa shape index (κ1) is 25.1. The molecule has 0 fully saturated rings. The number of carbonyl (C=O) groups excluding carboxylic acids is 1. The van der Waals surface area contributed by atoms with Crippen LogP contribution in [-0.4, -0.2) is 31.3 Å². The Morgan fingerprint density at radius 3 is 1.85 bits per heavy atom. The van der Waals surface area contributed by atoms with E-state index in [9.17, 15) is 4.79 Å². The molecule has 1 aromatic carbocycles. The van der Waals surface area contributed by atoms with Gasteiger partial charge in [-0.25, -0.2) is 0 Å². The summed E-state index contributed by atoms with van der Waals surface area (Å²) in [7, 11) is 4.12. The van der Waals surface area contributed by atoms with E-state index in [0.29, 0.717) is 5.78 Å². The van der Waals surface area contributed by atoms with Crippen LogP contribution in [0, 0.1) is 5.92 Å². The third-order valence-electron chi connectivity index (χ3n) is 4.92. The normalized spacial score (nSPS) is 12.0. The number of nitrogens with zero attached hydrogens (tertiary/aromatic N) is 1. The molecule has 1 aromatic rings. The zero-order valence-corrected chi connectivity index (χ0v) is 18.0. The van der Waals surface area contributed by atoms with Crippen molar-refractivity contribution < 1.29 is 4.79 Å². The van der Waals surface area contributed by atoms with Gasteiger partial charge in [-0.3, -0.25) is 4.79 Å². The van der Waals surface area contributed by atoms with Crippen molar-refractivity contribution in [1.29, 1.82) is 0 Å². The number of Topliss-reactive ketones (excluding diaryl/α,β-unsaturated/α-hetero) is 1. The van der Waals surface area contributed by atoms with Crippen molar-refractivity contribution in [1.82, 2.24) is 4.90 Å². The maximum Gasteiger partial charge on any atom is 0.167 e.